The molecule has 0 aromatic heterocycles. The Morgan fingerprint density at radius 1 is 1.00 bits per heavy atom. The van der Waals surface area contributed by atoms with Crippen molar-refractivity contribution in [1.82, 2.24) is 0 Å². The first-order valence-corrected chi connectivity index (χ1v) is 7.22. The first-order chi connectivity index (χ1) is 8.13. The Morgan fingerprint density at radius 3 is 2.22 bits per heavy atom. The van der Waals surface area contributed by atoms with Crippen LogP contribution in [0.5, 0.6) is 0 Å². The van der Waals surface area contributed by atoms with Gasteiger partial charge in [0.25, 0.3) is 0 Å². The second kappa shape index (κ2) is 3.31. The van der Waals surface area contributed by atoms with Gasteiger partial charge in [-0.1, -0.05) is 27.7 Å². The maximum absolute atomic E-state index is 11.0. The van der Waals surface area contributed by atoms with Gasteiger partial charge in [-0.05, 0) is 36.0 Å². The zero-order valence-corrected chi connectivity index (χ0v) is 11.8. The van der Waals surface area contributed by atoms with E-state index in [0.29, 0.717) is 12.3 Å². The summed E-state index contributed by atoms with van der Waals surface area (Å²) in [6.07, 6.45) is 1.21. The van der Waals surface area contributed by atoms with E-state index in [4.69, 9.17) is 0 Å². The van der Waals surface area contributed by atoms with Crippen LogP contribution in [0, 0.1) is 28.6 Å². The molecule has 3 rings (SSSR count). The molecule has 0 heterocycles. The van der Waals surface area contributed by atoms with Gasteiger partial charge in [0.2, 0.25) is 0 Å². The highest BCUT2D eigenvalue weighted by molar-refractivity contribution is 5.23. The summed E-state index contributed by atoms with van der Waals surface area (Å²) < 4.78 is 0. The summed E-state index contributed by atoms with van der Waals surface area (Å²) in [6.45, 7) is 8.61. The van der Waals surface area contributed by atoms with Crippen LogP contribution in [-0.2, 0) is 0 Å². The zero-order chi connectivity index (χ0) is 13.5. The second-order valence-electron chi connectivity index (χ2n) is 8.05. The lowest BCUT2D eigenvalue weighted by molar-refractivity contribution is -0.123. The highest BCUT2D eigenvalue weighted by Crippen LogP contribution is 2.70. The molecule has 3 heteroatoms. The molecule has 7 atom stereocenters. The SMILES string of the molecule is C[C@@H]1[C@@H](O)C[C@]2(O)[C@H](O)[C@H]3CC(C)(C)C[C@H]3[C@]12C. The molecule has 3 aliphatic carbocycles. The van der Waals surface area contributed by atoms with Gasteiger partial charge in [0, 0.05) is 11.8 Å². The van der Waals surface area contributed by atoms with Gasteiger partial charge in [-0.15, -0.1) is 0 Å². The molecular weight excluding hydrogens is 228 g/mol. The van der Waals surface area contributed by atoms with Crippen molar-refractivity contribution in [3.63, 3.8) is 0 Å². The molecule has 3 aliphatic rings. The van der Waals surface area contributed by atoms with Gasteiger partial charge in [-0.2, -0.15) is 0 Å². The second-order valence-corrected chi connectivity index (χ2v) is 8.05. The van der Waals surface area contributed by atoms with E-state index in [2.05, 4.69) is 20.8 Å². The molecule has 0 aromatic carbocycles. The van der Waals surface area contributed by atoms with Crippen LogP contribution < -0.4 is 0 Å². The topological polar surface area (TPSA) is 60.7 Å². The first kappa shape index (κ1) is 12.9. The van der Waals surface area contributed by atoms with E-state index in [1.54, 1.807) is 0 Å². The number of rotatable bonds is 0. The van der Waals surface area contributed by atoms with Crippen molar-refractivity contribution in [2.45, 2.75) is 64.8 Å². The Morgan fingerprint density at radius 2 is 1.61 bits per heavy atom. The summed E-state index contributed by atoms with van der Waals surface area (Å²) in [5.41, 5.74) is -1.18. The van der Waals surface area contributed by atoms with Gasteiger partial charge in [0.1, 0.15) is 0 Å². The lowest BCUT2D eigenvalue weighted by Crippen LogP contribution is -2.49. The quantitative estimate of drug-likeness (QED) is 0.614. The average Bonchev–Trinajstić information content (AvgIpc) is 2.72. The fourth-order valence-electron chi connectivity index (χ4n) is 5.56. The van der Waals surface area contributed by atoms with Crippen LogP contribution in [0.25, 0.3) is 0 Å². The maximum atomic E-state index is 11.0. The summed E-state index contributed by atoms with van der Waals surface area (Å²) in [5.74, 6) is 0.589. The van der Waals surface area contributed by atoms with Crippen molar-refractivity contribution >= 4 is 0 Å². The molecule has 3 nitrogen and oxygen atoms in total. The average molecular weight is 254 g/mol. The van der Waals surface area contributed by atoms with Gasteiger partial charge in [0.05, 0.1) is 17.8 Å². The smallest absolute Gasteiger partial charge is 0.0992 e. The third kappa shape index (κ3) is 1.21. The van der Waals surface area contributed by atoms with E-state index in [9.17, 15) is 15.3 Å². The number of hydrogen-bond acceptors (Lipinski definition) is 3. The molecule has 104 valence electrons. The van der Waals surface area contributed by atoms with Crippen molar-refractivity contribution in [1.29, 1.82) is 0 Å². The van der Waals surface area contributed by atoms with E-state index in [1.165, 1.54) is 0 Å². The summed E-state index contributed by atoms with van der Waals surface area (Å²) in [6, 6.07) is 0. The monoisotopic (exact) mass is 254 g/mol. The van der Waals surface area contributed by atoms with Crippen molar-refractivity contribution < 1.29 is 15.3 Å². The van der Waals surface area contributed by atoms with Crippen molar-refractivity contribution in [3.05, 3.63) is 0 Å². The van der Waals surface area contributed by atoms with Crippen molar-refractivity contribution in [2.75, 3.05) is 0 Å². The van der Waals surface area contributed by atoms with Crippen molar-refractivity contribution in [3.8, 4) is 0 Å². The maximum Gasteiger partial charge on any atom is 0.0992 e. The minimum Gasteiger partial charge on any atom is -0.393 e. The Hall–Kier alpha value is -0.120. The van der Waals surface area contributed by atoms with Crippen LogP contribution in [0.3, 0.4) is 0 Å². The first-order valence-electron chi connectivity index (χ1n) is 7.22. The molecule has 18 heavy (non-hydrogen) atoms. The lowest BCUT2D eigenvalue weighted by Gasteiger charge is -2.42. The molecule has 0 saturated heterocycles. The lowest BCUT2D eigenvalue weighted by atomic mass is 9.66. The normalized spacial score (nSPS) is 61.8. The van der Waals surface area contributed by atoms with E-state index >= 15 is 0 Å². The molecule has 0 unspecified atom stereocenters. The zero-order valence-electron chi connectivity index (χ0n) is 11.8. The number of hydrogen-bond donors (Lipinski definition) is 3. The van der Waals surface area contributed by atoms with Gasteiger partial charge in [-0.3, -0.25) is 0 Å². The van der Waals surface area contributed by atoms with Crippen LogP contribution in [-0.4, -0.2) is 33.1 Å². The summed E-state index contributed by atoms with van der Waals surface area (Å²) in [4.78, 5) is 0. The molecule has 3 saturated carbocycles. The predicted molar refractivity (Wildman–Crippen MR) is 68.8 cm³/mol. The van der Waals surface area contributed by atoms with Crippen LogP contribution >= 0.6 is 0 Å². The van der Waals surface area contributed by atoms with E-state index in [0.717, 1.165) is 12.8 Å². The molecule has 0 amide bonds. The highest BCUT2D eigenvalue weighted by atomic mass is 16.4. The predicted octanol–water partition coefficient (Wildman–Crippen LogP) is 1.55. The number of aliphatic hydroxyl groups is 3. The molecule has 3 N–H and O–H groups in total. The molecule has 0 bridgehead atoms. The van der Waals surface area contributed by atoms with Gasteiger partial charge in [0.15, 0.2) is 0 Å². The molecule has 0 aromatic rings. The van der Waals surface area contributed by atoms with E-state index in [1.807, 2.05) is 6.92 Å². The molecule has 0 radical (unpaired) electrons. The van der Waals surface area contributed by atoms with Crippen LogP contribution in [0.4, 0.5) is 0 Å². The third-order valence-electron chi connectivity index (χ3n) is 6.72. The van der Waals surface area contributed by atoms with Crippen LogP contribution in [0.1, 0.15) is 47.0 Å². The molecular formula is C15H26O3. The van der Waals surface area contributed by atoms with Gasteiger partial charge in [-0.25, -0.2) is 0 Å². The Kier molecular flexibility index (Phi) is 2.37. The standard InChI is InChI=1S/C15H26O3/c1-8-11(16)7-15(18)12(17)9-5-13(2,3)6-10(9)14(8,15)4/h8-12,16-18H,5-7H2,1-4H3/t8-,9+,10-,11+,12-,14+,15+/m1/s1. The Bertz CT molecular complexity index is 380. The highest BCUT2D eigenvalue weighted by Gasteiger charge is 2.74. The Balaban J connectivity index is 2.06. The van der Waals surface area contributed by atoms with Crippen LogP contribution in [0.15, 0.2) is 0 Å². The summed E-state index contributed by atoms with van der Waals surface area (Å²) in [5, 5.41) is 31.7. The number of fused-ring (bicyclic) bond motifs is 3. The third-order valence-corrected chi connectivity index (χ3v) is 6.72. The summed E-state index contributed by atoms with van der Waals surface area (Å²) in [7, 11) is 0. The van der Waals surface area contributed by atoms with Gasteiger partial charge >= 0.3 is 0 Å². The largest absolute Gasteiger partial charge is 0.393 e. The minimum absolute atomic E-state index is 0.0565. The number of aliphatic hydroxyl groups excluding tert-OH is 2. The molecule has 0 aliphatic heterocycles. The fraction of sp³-hybridized carbons (Fsp3) is 1.00. The summed E-state index contributed by atoms with van der Waals surface area (Å²) >= 11 is 0. The van der Waals surface area contributed by atoms with Crippen molar-refractivity contribution in [2.24, 2.45) is 28.6 Å². The molecule has 0 spiro atoms. The van der Waals surface area contributed by atoms with E-state index in [-0.39, 0.29) is 22.7 Å². The molecule has 3 fully saturated rings. The fourth-order valence-corrected chi connectivity index (χ4v) is 5.56. The van der Waals surface area contributed by atoms with E-state index < -0.39 is 17.8 Å². The minimum atomic E-state index is -1.09. The Labute approximate surface area is 109 Å². The van der Waals surface area contributed by atoms with Gasteiger partial charge < -0.3 is 15.3 Å². The van der Waals surface area contributed by atoms with Crippen LogP contribution in [0.2, 0.25) is 0 Å².